The minimum atomic E-state index is -0.784. The van der Waals surface area contributed by atoms with Gasteiger partial charge in [0.15, 0.2) is 0 Å². The minimum absolute atomic E-state index is 0.105. The maximum Gasteiger partial charge on any atom is 0.237 e. The summed E-state index contributed by atoms with van der Waals surface area (Å²) < 4.78 is 10.8. The maximum absolute atomic E-state index is 11.5. The molecule has 0 aromatic carbocycles. The zero-order valence-electron chi connectivity index (χ0n) is 9.79. The number of hydrogen-bond donors (Lipinski definition) is 2. The lowest BCUT2D eigenvalue weighted by Crippen LogP contribution is -2.45. The predicted octanol–water partition coefficient (Wildman–Crippen LogP) is 0.245. The van der Waals surface area contributed by atoms with E-state index in [1.165, 1.54) is 0 Å². The van der Waals surface area contributed by atoms with E-state index in [0.29, 0.717) is 12.3 Å². The van der Waals surface area contributed by atoms with Crippen LogP contribution in [0.1, 0.15) is 26.7 Å². The van der Waals surface area contributed by atoms with E-state index in [-0.39, 0.29) is 11.8 Å². The summed E-state index contributed by atoms with van der Waals surface area (Å²) in [6.45, 7) is 4.53. The summed E-state index contributed by atoms with van der Waals surface area (Å²) in [5.41, 5.74) is 5.74. The Balaban J connectivity index is 3.69. The number of carbonyl (C=O) groups excluding carboxylic acids is 1. The van der Waals surface area contributed by atoms with Gasteiger partial charge in [-0.05, 0) is 12.3 Å². The van der Waals surface area contributed by atoms with Crippen LogP contribution in [0.3, 0.4) is 0 Å². The molecule has 0 aromatic heterocycles. The number of rotatable bonds is 7. The molecule has 3 atom stereocenters. The van der Waals surface area contributed by atoms with Gasteiger partial charge in [0.1, 0.15) is 0 Å². The fourth-order valence-corrected chi connectivity index (χ4v) is 1.67. The van der Waals surface area contributed by atoms with Crippen molar-refractivity contribution in [3.8, 4) is 0 Å². The first kappa shape index (κ1) is 14.6. The molecule has 0 rings (SSSR count). The van der Waals surface area contributed by atoms with Crippen LogP contribution in [0.4, 0.5) is 0 Å². The third-order valence-corrected chi connectivity index (χ3v) is 3.33. The van der Waals surface area contributed by atoms with Crippen molar-refractivity contribution in [2.45, 2.75) is 32.7 Å². The molecule has 90 valence electrons. The molecule has 0 radical (unpaired) electrons. The van der Waals surface area contributed by atoms with Crippen LogP contribution in [0.25, 0.3) is 0 Å². The molecule has 0 saturated carbocycles. The zero-order chi connectivity index (χ0) is 11.8. The van der Waals surface area contributed by atoms with E-state index >= 15 is 0 Å². The Morgan fingerprint density at radius 2 is 2.13 bits per heavy atom. The Kier molecular flexibility index (Phi) is 7.60. The lowest BCUT2D eigenvalue weighted by Gasteiger charge is -2.17. The fraction of sp³-hybridized carbons (Fsp3) is 0.900. The number of hydrogen-bond acceptors (Lipinski definition) is 3. The predicted molar refractivity (Wildman–Crippen MR) is 64.0 cm³/mol. The van der Waals surface area contributed by atoms with E-state index in [4.69, 9.17) is 5.73 Å². The molecule has 0 fully saturated rings. The molecule has 1 amide bonds. The molecule has 3 N–H and O–H groups in total. The molecule has 2 unspecified atom stereocenters. The van der Waals surface area contributed by atoms with Crippen molar-refractivity contribution in [3.05, 3.63) is 0 Å². The van der Waals surface area contributed by atoms with Gasteiger partial charge in [-0.2, -0.15) is 0 Å². The van der Waals surface area contributed by atoms with Crippen molar-refractivity contribution in [3.63, 3.8) is 0 Å². The van der Waals surface area contributed by atoms with Gasteiger partial charge in [0, 0.05) is 29.4 Å². The Labute approximate surface area is 94.4 Å². The summed E-state index contributed by atoms with van der Waals surface area (Å²) in [4.78, 5) is 11.5. The molecule has 0 aliphatic heterocycles. The van der Waals surface area contributed by atoms with E-state index in [2.05, 4.69) is 5.32 Å². The second kappa shape index (κ2) is 7.82. The van der Waals surface area contributed by atoms with Gasteiger partial charge >= 0.3 is 0 Å². The first-order valence-corrected chi connectivity index (χ1v) is 7.05. The molecule has 0 saturated heterocycles. The normalized spacial score (nSPS) is 16.8. The third-order valence-electron chi connectivity index (χ3n) is 2.47. The quantitative estimate of drug-likeness (QED) is 0.620. The molecule has 0 bridgehead atoms. The number of carbonyl (C=O) groups is 1. The van der Waals surface area contributed by atoms with Crippen molar-refractivity contribution < 1.29 is 9.00 Å². The number of nitrogens with one attached hydrogen (secondary N) is 1. The Morgan fingerprint density at radius 3 is 2.60 bits per heavy atom. The van der Waals surface area contributed by atoms with Crippen LogP contribution in [0, 0.1) is 5.92 Å². The van der Waals surface area contributed by atoms with Gasteiger partial charge < -0.3 is 11.1 Å². The summed E-state index contributed by atoms with van der Waals surface area (Å²) in [6, 6.07) is -0.429. The number of nitrogens with two attached hydrogens (primary N) is 1. The molecule has 5 heteroatoms. The van der Waals surface area contributed by atoms with Gasteiger partial charge in [-0.25, -0.2) is 0 Å². The monoisotopic (exact) mass is 234 g/mol. The molecule has 4 nitrogen and oxygen atoms in total. The molecule has 0 aliphatic carbocycles. The van der Waals surface area contributed by atoms with Crippen molar-refractivity contribution in [2.24, 2.45) is 11.7 Å². The van der Waals surface area contributed by atoms with Crippen LogP contribution in [-0.4, -0.2) is 34.7 Å². The average Bonchev–Trinajstić information content (AvgIpc) is 2.21. The third kappa shape index (κ3) is 6.62. The molecule has 15 heavy (non-hydrogen) atoms. The first-order valence-electron chi connectivity index (χ1n) is 5.32. The Morgan fingerprint density at radius 1 is 1.53 bits per heavy atom. The lowest BCUT2D eigenvalue weighted by molar-refractivity contribution is -0.123. The molecular weight excluding hydrogens is 212 g/mol. The standard InChI is InChI=1S/C10H22N2O2S/c1-4-8(2)9(11)10(13)12-6-5-7-15(3)14/h8-9H,4-7,11H2,1-3H3,(H,12,13)/t8?,9-,15?/m0/s1. The Bertz CT molecular complexity index is 221. The SMILES string of the molecule is CCC(C)[C@H](N)C(=O)NCCCS(C)=O. The van der Waals surface area contributed by atoms with Crippen molar-refractivity contribution in [1.82, 2.24) is 5.32 Å². The van der Waals surface area contributed by atoms with Crippen molar-refractivity contribution in [2.75, 3.05) is 18.6 Å². The fourth-order valence-electron chi connectivity index (χ4n) is 1.12. The van der Waals surface area contributed by atoms with Gasteiger partial charge in [0.05, 0.1) is 6.04 Å². The molecule has 0 heterocycles. The smallest absolute Gasteiger partial charge is 0.237 e. The number of amides is 1. The molecule has 0 aliphatic rings. The summed E-state index contributed by atoms with van der Waals surface area (Å²) in [5, 5.41) is 2.75. The van der Waals surface area contributed by atoms with Crippen LogP contribution in [-0.2, 0) is 15.6 Å². The van der Waals surface area contributed by atoms with Crippen LogP contribution >= 0.6 is 0 Å². The van der Waals surface area contributed by atoms with E-state index in [0.717, 1.165) is 12.8 Å². The molecule has 0 spiro atoms. The van der Waals surface area contributed by atoms with Gasteiger partial charge in [0.25, 0.3) is 0 Å². The largest absolute Gasteiger partial charge is 0.355 e. The zero-order valence-corrected chi connectivity index (χ0v) is 10.6. The molecule has 0 aromatic rings. The highest BCUT2D eigenvalue weighted by Crippen LogP contribution is 2.04. The van der Waals surface area contributed by atoms with E-state index in [9.17, 15) is 9.00 Å². The second-order valence-electron chi connectivity index (χ2n) is 3.83. The van der Waals surface area contributed by atoms with Gasteiger partial charge in [-0.15, -0.1) is 0 Å². The van der Waals surface area contributed by atoms with Crippen LogP contribution in [0.5, 0.6) is 0 Å². The van der Waals surface area contributed by atoms with Gasteiger partial charge in [0.2, 0.25) is 5.91 Å². The summed E-state index contributed by atoms with van der Waals surface area (Å²) in [5.74, 6) is 0.718. The minimum Gasteiger partial charge on any atom is -0.355 e. The highest BCUT2D eigenvalue weighted by atomic mass is 32.2. The highest BCUT2D eigenvalue weighted by molar-refractivity contribution is 7.84. The Hall–Kier alpha value is -0.420. The van der Waals surface area contributed by atoms with E-state index < -0.39 is 16.8 Å². The summed E-state index contributed by atoms with van der Waals surface area (Å²) in [7, 11) is -0.784. The molecular formula is C10H22N2O2S. The van der Waals surface area contributed by atoms with Gasteiger partial charge in [-0.1, -0.05) is 20.3 Å². The highest BCUT2D eigenvalue weighted by Gasteiger charge is 2.18. The van der Waals surface area contributed by atoms with Crippen molar-refractivity contribution >= 4 is 16.7 Å². The summed E-state index contributed by atoms with van der Waals surface area (Å²) in [6.07, 6.45) is 3.29. The van der Waals surface area contributed by atoms with Crippen LogP contribution in [0.2, 0.25) is 0 Å². The van der Waals surface area contributed by atoms with Gasteiger partial charge in [-0.3, -0.25) is 9.00 Å². The van der Waals surface area contributed by atoms with Crippen LogP contribution in [0.15, 0.2) is 0 Å². The van der Waals surface area contributed by atoms with Crippen LogP contribution < -0.4 is 11.1 Å². The van der Waals surface area contributed by atoms with E-state index in [1.807, 2.05) is 13.8 Å². The first-order chi connectivity index (χ1) is 6.99. The summed E-state index contributed by atoms with van der Waals surface area (Å²) >= 11 is 0. The average molecular weight is 234 g/mol. The van der Waals surface area contributed by atoms with E-state index in [1.54, 1.807) is 6.26 Å². The van der Waals surface area contributed by atoms with Crippen molar-refractivity contribution in [1.29, 1.82) is 0 Å². The maximum atomic E-state index is 11.5. The topological polar surface area (TPSA) is 72.2 Å². The lowest BCUT2D eigenvalue weighted by atomic mass is 9.99. The second-order valence-corrected chi connectivity index (χ2v) is 5.39.